The van der Waals surface area contributed by atoms with Crippen molar-refractivity contribution in [2.45, 2.75) is 51.7 Å². The molecule has 0 radical (unpaired) electrons. The van der Waals surface area contributed by atoms with Crippen LogP contribution in [0.2, 0.25) is 0 Å². The van der Waals surface area contributed by atoms with Crippen LogP contribution in [0, 0.1) is 0 Å². The van der Waals surface area contributed by atoms with E-state index in [-0.39, 0.29) is 12.2 Å². The summed E-state index contributed by atoms with van der Waals surface area (Å²) in [5.74, 6) is 0. The maximum Gasteiger partial charge on any atom is 0.0834 e. The van der Waals surface area contributed by atoms with Crippen LogP contribution < -0.4 is 9.80 Å². The van der Waals surface area contributed by atoms with E-state index in [2.05, 4.69) is 100 Å². The lowest BCUT2D eigenvalue weighted by Gasteiger charge is -2.27. The van der Waals surface area contributed by atoms with Crippen LogP contribution >= 0.6 is 0 Å². The van der Waals surface area contributed by atoms with E-state index in [1.807, 2.05) is 0 Å². The van der Waals surface area contributed by atoms with Crippen molar-refractivity contribution >= 4 is 11.4 Å². The Balaban J connectivity index is 2.30. The zero-order chi connectivity index (χ0) is 19.8. The lowest BCUT2D eigenvalue weighted by Crippen LogP contribution is -2.14. The molecule has 0 amide bonds. The predicted octanol–water partition coefficient (Wildman–Crippen LogP) is 6.22. The first-order valence-electron chi connectivity index (χ1n) is 10.2. The average molecular weight is 369 g/mol. The standard InChI is InChI=1S/C24H36N2O/c1-7-11-23(19-13-9-15-21(17-19)25(3)4)27-24(12-8-2)20-14-10-16-22(18-20)26(5)6/h9-10,13-18,23-24H,7-8,11-12H2,1-6H3. The molecule has 0 bridgehead atoms. The Morgan fingerprint density at radius 3 is 1.44 bits per heavy atom. The van der Waals surface area contributed by atoms with E-state index in [1.165, 1.54) is 22.5 Å². The highest BCUT2D eigenvalue weighted by molar-refractivity contribution is 5.48. The Morgan fingerprint density at radius 1 is 0.704 bits per heavy atom. The summed E-state index contributed by atoms with van der Waals surface area (Å²) >= 11 is 0. The maximum absolute atomic E-state index is 6.74. The Kier molecular flexibility index (Phi) is 8.18. The van der Waals surface area contributed by atoms with Crippen LogP contribution in [0.1, 0.15) is 62.9 Å². The van der Waals surface area contributed by atoms with Crippen LogP contribution in [0.4, 0.5) is 11.4 Å². The molecular formula is C24H36N2O. The molecule has 2 unspecified atom stereocenters. The molecule has 0 heterocycles. The van der Waals surface area contributed by atoms with Gasteiger partial charge in [-0.15, -0.1) is 0 Å². The minimum Gasteiger partial charge on any atom is -0.378 e. The van der Waals surface area contributed by atoms with Gasteiger partial charge in [-0.25, -0.2) is 0 Å². The number of rotatable bonds is 10. The number of hydrogen-bond acceptors (Lipinski definition) is 3. The molecule has 0 aliphatic heterocycles. The molecule has 2 rings (SSSR count). The summed E-state index contributed by atoms with van der Waals surface area (Å²) in [6.07, 6.45) is 4.51. The summed E-state index contributed by atoms with van der Waals surface area (Å²) in [5.41, 5.74) is 4.98. The van der Waals surface area contributed by atoms with E-state index < -0.39 is 0 Å². The molecule has 0 saturated heterocycles. The molecular weight excluding hydrogens is 332 g/mol. The predicted molar refractivity (Wildman–Crippen MR) is 118 cm³/mol. The van der Waals surface area contributed by atoms with Crippen LogP contribution in [-0.4, -0.2) is 28.2 Å². The third-order valence-electron chi connectivity index (χ3n) is 4.95. The molecule has 0 N–H and O–H groups in total. The van der Waals surface area contributed by atoms with Gasteiger partial charge < -0.3 is 14.5 Å². The van der Waals surface area contributed by atoms with Crippen molar-refractivity contribution in [2.75, 3.05) is 38.0 Å². The Bertz CT molecular complexity index is 637. The molecule has 0 aromatic heterocycles. The van der Waals surface area contributed by atoms with Gasteiger partial charge in [-0.05, 0) is 48.2 Å². The highest BCUT2D eigenvalue weighted by Gasteiger charge is 2.20. The van der Waals surface area contributed by atoms with Gasteiger partial charge in [0.05, 0.1) is 12.2 Å². The van der Waals surface area contributed by atoms with Crippen LogP contribution in [-0.2, 0) is 4.74 Å². The molecule has 0 aliphatic rings. The molecule has 3 nitrogen and oxygen atoms in total. The molecule has 2 aromatic rings. The van der Waals surface area contributed by atoms with E-state index in [1.54, 1.807) is 0 Å². The highest BCUT2D eigenvalue weighted by atomic mass is 16.5. The second kappa shape index (κ2) is 10.4. The van der Waals surface area contributed by atoms with E-state index in [9.17, 15) is 0 Å². The van der Waals surface area contributed by atoms with Gasteiger partial charge in [0.15, 0.2) is 0 Å². The van der Waals surface area contributed by atoms with E-state index in [0.29, 0.717) is 0 Å². The fourth-order valence-electron chi connectivity index (χ4n) is 3.36. The summed E-state index contributed by atoms with van der Waals surface area (Å²) in [6.45, 7) is 4.46. The normalized spacial score (nSPS) is 13.3. The van der Waals surface area contributed by atoms with Gasteiger partial charge in [-0.1, -0.05) is 51.0 Å². The number of benzene rings is 2. The SMILES string of the molecule is CCCC(OC(CCC)c1cccc(N(C)C)c1)c1cccc(N(C)C)c1. The second-order valence-corrected chi connectivity index (χ2v) is 7.67. The molecule has 2 atom stereocenters. The van der Waals surface area contributed by atoms with Gasteiger partial charge >= 0.3 is 0 Å². The monoisotopic (exact) mass is 368 g/mol. The van der Waals surface area contributed by atoms with Crippen molar-refractivity contribution in [1.29, 1.82) is 0 Å². The van der Waals surface area contributed by atoms with Crippen molar-refractivity contribution in [2.24, 2.45) is 0 Å². The second-order valence-electron chi connectivity index (χ2n) is 7.67. The lowest BCUT2D eigenvalue weighted by atomic mass is 10.0. The van der Waals surface area contributed by atoms with Crippen LogP contribution in [0.5, 0.6) is 0 Å². The third kappa shape index (κ3) is 6.00. The highest BCUT2D eigenvalue weighted by Crippen LogP contribution is 2.35. The number of nitrogens with zero attached hydrogens (tertiary/aromatic N) is 2. The van der Waals surface area contributed by atoms with Gasteiger partial charge in [0.1, 0.15) is 0 Å². The van der Waals surface area contributed by atoms with E-state index in [0.717, 1.165) is 25.7 Å². The van der Waals surface area contributed by atoms with E-state index >= 15 is 0 Å². The topological polar surface area (TPSA) is 15.7 Å². The van der Waals surface area contributed by atoms with Crippen molar-refractivity contribution in [3.05, 3.63) is 59.7 Å². The first-order chi connectivity index (χ1) is 13.0. The fraction of sp³-hybridized carbons (Fsp3) is 0.500. The Morgan fingerprint density at radius 2 is 1.11 bits per heavy atom. The summed E-state index contributed by atoms with van der Waals surface area (Å²) < 4.78 is 6.74. The minimum atomic E-state index is 0.120. The summed E-state index contributed by atoms with van der Waals surface area (Å²) in [4.78, 5) is 4.30. The van der Waals surface area contributed by atoms with E-state index in [4.69, 9.17) is 4.74 Å². The number of ether oxygens (including phenoxy) is 1. The lowest BCUT2D eigenvalue weighted by molar-refractivity contribution is -0.0246. The van der Waals surface area contributed by atoms with Crippen molar-refractivity contribution < 1.29 is 4.74 Å². The first kappa shape index (κ1) is 21.3. The van der Waals surface area contributed by atoms with Crippen LogP contribution in [0.15, 0.2) is 48.5 Å². The molecule has 0 aliphatic carbocycles. The van der Waals surface area contributed by atoms with Crippen molar-refractivity contribution in [3.63, 3.8) is 0 Å². The summed E-state index contributed by atoms with van der Waals surface area (Å²) in [6, 6.07) is 17.5. The van der Waals surface area contributed by atoms with Crippen LogP contribution in [0.25, 0.3) is 0 Å². The third-order valence-corrected chi connectivity index (χ3v) is 4.95. The Labute approximate surface area is 166 Å². The maximum atomic E-state index is 6.74. The van der Waals surface area contributed by atoms with Gasteiger partial charge in [0.25, 0.3) is 0 Å². The van der Waals surface area contributed by atoms with Gasteiger partial charge in [-0.2, -0.15) is 0 Å². The first-order valence-corrected chi connectivity index (χ1v) is 10.2. The zero-order valence-electron chi connectivity index (χ0n) is 17.9. The molecule has 27 heavy (non-hydrogen) atoms. The molecule has 0 saturated carbocycles. The fourth-order valence-corrected chi connectivity index (χ4v) is 3.36. The molecule has 2 aromatic carbocycles. The molecule has 0 fully saturated rings. The quantitative estimate of drug-likeness (QED) is 0.495. The molecule has 3 heteroatoms. The van der Waals surface area contributed by atoms with Crippen molar-refractivity contribution in [1.82, 2.24) is 0 Å². The smallest absolute Gasteiger partial charge is 0.0834 e. The van der Waals surface area contributed by atoms with Gasteiger partial charge in [0, 0.05) is 39.6 Å². The van der Waals surface area contributed by atoms with Gasteiger partial charge in [0.2, 0.25) is 0 Å². The van der Waals surface area contributed by atoms with Crippen molar-refractivity contribution in [3.8, 4) is 0 Å². The number of anilines is 2. The zero-order valence-corrected chi connectivity index (χ0v) is 17.9. The Hall–Kier alpha value is -2.00. The minimum absolute atomic E-state index is 0.120. The average Bonchev–Trinajstić information content (AvgIpc) is 2.67. The van der Waals surface area contributed by atoms with Gasteiger partial charge in [-0.3, -0.25) is 0 Å². The number of hydrogen-bond donors (Lipinski definition) is 0. The molecule has 148 valence electrons. The summed E-state index contributed by atoms with van der Waals surface area (Å²) in [7, 11) is 8.34. The largest absolute Gasteiger partial charge is 0.378 e. The summed E-state index contributed by atoms with van der Waals surface area (Å²) in [5, 5.41) is 0. The van der Waals surface area contributed by atoms with Crippen LogP contribution in [0.3, 0.4) is 0 Å². The molecule has 0 spiro atoms.